The van der Waals surface area contributed by atoms with E-state index < -0.39 is 5.41 Å². The summed E-state index contributed by atoms with van der Waals surface area (Å²) in [6, 6.07) is 19.6. The van der Waals surface area contributed by atoms with Crippen molar-refractivity contribution in [1.82, 2.24) is 4.98 Å². The second-order valence-corrected chi connectivity index (χ2v) is 9.08. The predicted octanol–water partition coefficient (Wildman–Crippen LogP) is 5.31. The number of fused-ring (bicyclic) bond motifs is 2. The minimum atomic E-state index is -0.645. The van der Waals surface area contributed by atoms with Crippen molar-refractivity contribution in [1.29, 1.82) is 0 Å². The maximum Gasteiger partial charge on any atom is 0.265 e. The number of benzene rings is 2. The van der Waals surface area contributed by atoms with Gasteiger partial charge in [0.2, 0.25) is 5.91 Å². The van der Waals surface area contributed by atoms with Crippen molar-refractivity contribution in [2.45, 2.75) is 25.8 Å². The summed E-state index contributed by atoms with van der Waals surface area (Å²) >= 11 is 1.40. The summed E-state index contributed by atoms with van der Waals surface area (Å²) in [5.41, 5.74) is 2.98. The molecule has 4 aromatic rings. The average molecular weight is 416 g/mol. The van der Waals surface area contributed by atoms with Crippen LogP contribution in [0.25, 0.3) is 10.9 Å². The van der Waals surface area contributed by atoms with E-state index in [1.807, 2.05) is 74.5 Å². The molecule has 0 atom stereocenters. The molecule has 30 heavy (non-hydrogen) atoms. The molecule has 5 nitrogen and oxygen atoms in total. The van der Waals surface area contributed by atoms with Crippen LogP contribution in [-0.2, 0) is 16.8 Å². The number of rotatable bonds is 4. The third-order valence-corrected chi connectivity index (χ3v) is 7.04. The Kier molecular flexibility index (Phi) is 4.25. The largest absolute Gasteiger partial charge is 0.359 e. The van der Waals surface area contributed by atoms with Crippen molar-refractivity contribution in [3.8, 4) is 0 Å². The first-order chi connectivity index (χ1) is 14.4. The zero-order chi connectivity index (χ0) is 20.9. The van der Waals surface area contributed by atoms with Gasteiger partial charge in [-0.2, -0.15) is 0 Å². The van der Waals surface area contributed by atoms with Crippen molar-refractivity contribution in [2.24, 2.45) is 0 Å². The number of amides is 2. The Labute approximate surface area is 178 Å². The number of aromatic amines is 1. The molecule has 5 rings (SSSR count). The Balaban J connectivity index is 1.46. The maximum atomic E-state index is 13.1. The van der Waals surface area contributed by atoms with Crippen LogP contribution < -0.4 is 10.2 Å². The van der Waals surface area contributed by atoms with Gasteiger partial charge in [-0.15, -0.1) is 11.3 Å². The summed E-state index contributed by atoms with van der Waals surface area (Å²) in [6.07, 6.45) is 1.80. The smallest absolute Gasteiger partial charge is 0.265 e. The fourth-order valence-electron chi connectivity index (χ4n) is 3.97. The number of carbonyl (C=O) groups is 2. The van der Waals surface area contributed by atoms with Gasteiger partial charge in [0.15, 0.2) is 0 Å². The first-order valence-electron chi connectivity index (χ1n) is 9.83. The molecular formula is C24H21N3O2S. The molecule has 0 aliphatic carbocycles. The van der Waals surface area contributed by atoms with E-state index in [-0.39, 0.29) is 11.8 Å². The summed E-state index contributed by atoms with van der Waals surface area (Å²) in [6.45, 7) is 4.35. The molecule has 0 spiro atoms. The van der Waals surface area contributed by atoms with E-state index >= 15 is 0 Å². The number of para-hydroxylation sites is 1. The first-order valence-corrected chi connectivity index (χ1v) is 10.6. The van der Waals surface area contributed by atoms with E-state index in [2.05, 4.69) is 10.3 Å². The van der Waals surface area contributed by atoms with Gasteiger partial charge in [0.25, 0.3) is 5.91 Å². The molecule has 1 aliphatic heterocycles. The molecule has 0 unspecified atom stereocenters. The summed E-state index contributed by atoms with van der Waals surface area (Å²) < 4.78 is 0. The number of anilines is 2. The zero-order valence-electron chi connectivity index (χ0n) is 16.7. The Morgan fingerprint density at radius 3 is 2.63 bits per heavy atom. The number of aromatic nitrogens is 1. The van der Waals surface area contributed by atoms with Crippen LogP contribution in [0.2, 0.25) is 0 Å². The maximum absolute atomic E-state index is 13.1. The van der Waals surface area contributed by atoms with Gasteiger partial charge >= 0.3 is 0 Å². The second kappa shape index (κ2) is 6.85. The second-order valence-electron chi connectivity index (χ2n) is 8.03. The third kappa shape index (κ3) is 2.92. The van der Waals surface area contributed by atoms with Crippen molar-refractivity contribution in [3.05, 3.63) is 82.2 Å². The molecule has 6 heteroatoms. The molecule has 0 saturated carbocycles. The molecule has 0 bridgehead atoms. The van der Waals surface area contributed by atoms with Crippen molar-refractivity contribution < 1.29 is 9.59 Å². The number of nitrogens with zero attached hydrogens (tertiary/aromatic N) is 1. The van der Waals surface area contributed by atoms with Crippen molar-refractivity contribution in [3.63, 3.8) is 0 Å². The van der Waals surface area contributed by atoms with Gasteiger partial charge in [-0.3, -0.25) is 9.59 Å². The number of hydrogen-bond acceptors (Lipinski definition) is 3. The number of H-pyrrole nitrogens is 1. The van der Waals surface area contributed by atoms with E-state index in [1.165, 1.54) is 11.3 Å². The lowest BCUT2D eigenvalue weighted by molar-refractivity contribution is -0.122. The van der Waals surface area contributed by atoms with Gasteiger partial charge in [-0.1, -0.05) is 48.5 Å². The lowest BCUT2D eigenvalue weighted by Crippen LogP contribution is -2.35. The van der Waals surface area contributed by atoms with E-state index in [4.69, 9.17) is 0 Å². The normalized spacial score (nSPS) is 14.9. The van der Waals surface area contributed by atoms with Gasteiger partial charge < -0.3 is 15.2 Å². The van der Waals surface area contributed by atoms with Crippen molar-refractivity contribution >= 4 is 45.4 Å². The van der Waals surface area contributed by atoms with Gasteiger partial charge in [0.05, 0.1) is 28.2 Å². The molecule has 2 aromatic carbocycles. The minimum Gasteiger partial charge on any atom is -0.359 e. The van der Waals surface area contributed by atoms with E-state index in [0.717, 1.165) is 32.7 Å². The lowest BCUT2D eigenvalue weighted by atomic mass is 9.93. The molecule has 0 saturated heterocycles. The highest BCUT2D eigenvalue weighted by atomic mass is 32.1. The van der Waals surface area contributed by atoms with E-state index in [0.29, 0.717) is 11.4 Å². The van der Waals surface area contributed by atoms with E-state index in [9.17, 15) is 9.59 Å². The van der Waals surface area contributed by atoms with Crippen LogP contribution in [0.3, 0.4) is 0 Å². The topological polar surface area (TPSA) is 65.2 Å². The van der Waals surface area contributed by atoms with Crippen molar-refractivity contribution in [2.75, 3.05) is 10.2 Å². The quantitative estimate of drug-likeness (QED) is 0.475. The highest BCUT2D eigenvalue weighted by molar-refractivity contribution is 7.15. The average Bonchev–Trinajstić information content (AvgIpc) is 3.41. The summed E-state index contributed by atoms with van der Waals surface area (Å²) in [5, 5.41) is 3.98. The molecule has 2 N–H and O–H groups in total. The van der Waals surface area contributed by atoms with Gasteiger partial charge in [0, 0.05) is 22.0 Å². The summed E-state index contributed by atoms with van der Waals surface area (Å²) in [5.74, 6) is -0.0988. The fraction of sp³-hybridized carbons (Fsp3) is 0.167. The highest BCUT2D eigenvalue weighted by Crippen LogP contribution is 2.47. The van der Waals surface area contributed by atoms with E-state index in [1.54, 1.807) is 11.1 Å². The van der Waals surface area contributed by atoms with Crippen LogP contribution in [0, 0.1) is 0 Å². The van der Waals surface area contributed by atoms with Crippen LogP contribution in [0.5, 0.6) is 0 Å². The molecular weight excluding hydrogens is 394 g/mol. The third-order valence-electron chi connectivity index (χ3n) is 5.60. The Hall–Kier alpha value is -3.38. The number of hydrogen-bond donors (Lipinski definition) is 2. The number of thiophene rings is 1. The van der Waals surface area contributed by atoms with Crippen LogP contribution in [0.4, 0.5) is 11.4 Å². The van der Waals surface area contributed by atoms with Gasteiger partial charge in [0.1, 0.15) is 0 Å². The molecule has 1 aliphatic rings. The molecule has 0 fully saturated rings. The Morgan fingerprint density at radius 1 is 1.10 bits per heavy atom. The Bertz CT molecular complexity index is 1270. The zero-order valence-corrected chi connectivity index (χ0v) is 17.5. The fourth-order valence-corrected chi connectivity index (χ4v) is 5.12. The monoisotopic (exact) mass is 415 g/mol. The summed E-state index contributed by atoms with van der Waals surface area (Å²) in [4.78, 5) is 32.6. The minimum absolute atomic E-state index is 0.0659. The van der Waals surface area contributed by atoms with Gasteiger partial charge in [-0.05, 0) is 31.5 Å². The van der Waals surface area contributed by atoms with Crippen LogP contribution >= 0.6 is 11.3 Å². The van der Waals surface area contributed by atoms with Crippen LogP contribution in [0.15, 0.2) is 66.9 Å². The molecule has 2 amide bonds. The predicted molar refractivity (Wildman–Crippen MR) is 121 cm³/mol. The molecule has 3 heterocycles. The van der Waals surface area contributed by atoms with Crippen LogP contribution in [-0.4, -0.2) is 16.8 Å². The first kappa shape index (κ1) is 18.6. The molecule has 150 valence electrons. The molecule has 0 radical (unpaired) electrons. The standard InChI is InChI=1S/C24H21N3O2S/c1-24(2)21-19(27(23(24)29)14-15-8-4-3-5-9-15)12-20(30-21)22(28)26-18-13-25-17-11-7-6-10-16(17)18/h3-13,25H,14H2,1-2H3,(H,26,28). The summed E-state index contributed by atoms with van der Waals surface area (Å²) in [7, 11) is 0. The van der Waals surface area contributed by atoms with Crippen LogP contribution in [0.1, 0.15) is 34.0 Å². The molecule has 2 aromatic heterocycles. The number of nitrogens with one attached hydrogen (secondary N) is 2. The highest BCUT2D eigenvalue weighted by Gasteiger charge is 2.46. The SMILES string of the molecule is CC1(C)C(=O)N(Cc2ccccc2)c2cc(C(=O)Nc3c[nH]c4ccccc34)sc21. The lowest BCUT2D eigenvalue weighted by Gasteiger charge is -2.21. The van der Waals surface area contributed by atoms with Gasteiger partial charge in [-0.25, -0.2) is 0 Å². The Morgan fingerprint density at radius 2 is 1.83 bits per heavy atom. The number of carbonyl (C=O) groups excluding carboxylic acids is 2.